The number of nitrogens with one attached hydrogen (secondary N) is 2. The van der Waals surface area contributed by atoms with E-state index in [-0.39, 0.29) is 11.6 Å². The number of furan rings is 1. The SMILES string of the molecule is NC(=O)Oc1cc2cccc(Oc3ccc(NC(=O)Nc4cc(C(F)(F)F)ccc4F)cc3)c2o1. The van der Waals surface area contributed by atoms with Gasteiger partial charge in [-0.1, -0.05) is 12.1 Å². The van der Waals surface area contributed by atoms with Crippen molar-refractivity contribution in [2.45, 2.75) is 6.18 Å². The normalized spacial score (nSPS) is 11.2. The Kier molecular flexibility index (Phi) is 6.19. The highest BCUT2D eigenvalue weighted by Gasteiger charge is 2.31. The largest absolute Gasteiger partial charge is 0.453 e. The van der Waals surface area contributed by atoms with Gasteiger partial charge in [0.05, 0.1) is 11.3 Å². The van der Waals surface area contributed by atoms with Gasteiger partial charge >= 0.3 is 18.3 Å². The van der Waals surface area contributed by atoms with Crippen molar-refractivity contribution in [1.29, 1.82) is 0 Å². The summed E-state index contributed by atoms with van der Waals surface area (Å²) in [4.78, 5) is 23.1. The van der Waals surface area contributed by atoms with Crippen LogP contribution in [0.5, 0.6) is 17.4 Å². The lowest BCUT2D eigenvalue weighted by molar-refractivity contribution is -0.137. The minimum absolute atomic E-state index is 0.105. The van der Waals surface area contributed by atoms with E-state index < -0.39 is 35.4 Å². The molecule has 0 fully saturated rings. The van der Waals surface area contributed by atoms with Crippen LogP contribution in [0.2, 0.25) is 0 Å². The number of carbonyl (C=O) groups excluding carboxylic acids is 2. The summed E-state index contributed by atoms with van der Waals surface area (Å²) in [5, 5.41) is 5.03. The fourth-order valence-corrected chi connectivity index (χ4v) is 3.06. The lowest BCUT2D eigenvalue weighted by Crippen LogP contribution is -2.20. The number of primary amides is 1. The summed E-state index contributed by atoms with van der Waals surface area (Å²) in [5.74, 6) is -0.471. The van der Waals surface area contributed by atoms with Crippen LogP contribution < -0.4 is 25.8 Å². The molecular weight excluding hydrogens is 474 g/mol. The first-order valence-electron chi connectivity index (χ1n) is 9.81. The average molecular weight is 489 g/mol. The van der Waals surface area contributed by atoms with Gasteiger partial charge in [-0.05, 0) is 48.5 Å². The molecule has 0 spiro atoms. The Morgan fingerprint density at radius 2 is 1.69 bits per heavy atom. The molecule has 0 saturated heterocycles. The van der Waals surface area contributed by atoms with Gasteiger partial charge in [0.15, 0.2) is 11.3 Å². The molecule has 0 radical (unpaired) electrons. The molecular formula is C23H15F4N3O5. The summed E-state index contributed by atoms with van der Waals surface area (Å²) in [5.41, 5.74) is 3.82. The van der Waals surface area contributed by atoms with Crippen LogP contribution in [-0.2, 0) is 6.18 Å². The molecule has 0 atom stereocenters. The molecule has 4 rings (SSSR count). The van der Waals surface area contributed by atoms with E-state index in [1.165, 1.54) is 30.3 Å². The molecule has 12 heteroatoms. The second-order valence-electron chi connectivity index (χ2n) is 7.06. The summed E-state index contributed by atoms with van der Waals surface area (Å²) >= 11 is 0. The maximum absolute atomic E-state index is 13.8. The molecule has 0 saturated carbocycles. The average Bonchev–Trinajstić information content (AvgIpc) is 3.18. The van der Waals surface area contributed by atoms with Gasteiger partial charge in [-0.15, -0.1) is 0 Å². The second kappa shape index (κ2) is 9.25. The van der Waals surface area contributed by atoms with Gasteiger partial charge in [-0.25, -0.2) is 14.0 Å². The Hall–Kier alpha value is -4.74. The zero-order valence-corrected chi connectivity index (χ0v) is 17.5. The monoisotopic (exact) mass is 489 g/mol. The van der Waals surface area contributed by atoms with E-state index in [1.54, 1.807) is 18.2 Å². The standard InChI is InChI=1S/C23H15F4N3O5/c24-16-9-4-13(23(25,26)27)11-17(16)30-22(32)29-14-5-7-15(8-6-14)33-18-3-1-2-12-10-19(34-20(12)18)35-21(28)31/h1-11H,(H2,28,31)(H2,29,30,32). The van der Waals surface area contributed by atoms with Gasteiger partial charge in [-0.3, -0.25) is 0 Å². The number of ether oxygens (including phenoxy) is 2. The molecule has 4 N–H and O–H groups in total. The topological polar surface area (TPSA) is 116 Å². The molecule has 1 aromatic heterocycles. The van der Waals surface area contributed by atoms with Crippen molar-refractivity contribution in [2.75, 3.05) is 10.6 Å². The van der Waals surface area contributed by atoms with Crippen LogP contribution in [0.25, 0.3) is 11.0 Å². The summed E-state index contributed by atoms with van der Waals surface area (Å²) in [6.07, 6.45) is -5.72. The number of alkyl halides is 3. The Balaban J connectivity index is 1.43. The number of urea groups is 1. The first-order chi connectivity index (χ1) is 16.6. The van der Waals surface area contributed by atoms with Crippen molar-refractivity contribution >= 4 is 34.5 Å². The molecule has 0 bridgehead atoms. The lowest BCUT2D eigenvalue weighted by Gasteiger charge is -2.12. The number of hydrogen-bond donors (Lipinski definition) is 3. The van der Waals surface area contributed by atoms with E-state index in [2.05, 4.69) is 5.32 Å². The van der Waals surface area contributed by atoms with Crippen molar-refractivity contribution in [3.63, 3.8) is 0 Å². The van der Waals surface area contributed by atoms with Crippen molar-refractivity contribution in [3.8, 4) is 17.4 Å². The van der Waals surface area contributed by atoms with Crippen LogP contribution in [0, 0.1) is 5.82 Å². The van der Waals surface area contributed by atoms with E-state index in [4.69, 9.17) is 19.6 Å². The Morgan fingerprint density at radius 1 is 0.943 bits per heavy atom. The molecule has 0 aliphatic heterocycles. The van der Waals surface area contributed by atoms with Gasteiger partial charge in [0.1, 0.15) is 11.6 Å². The summed E-state index contributed by atoms with van der Waals surface area (Å²) < 4.78 is 68.2. The smallest absolute Gasteiger partial charge is 0.416 e. The first-order valence-corrected chi connectivity index (χ1v) is 9.81. The Bertz CT molecular complexity index is 1400. The van der Waals surface area contributed by atoms with E-state index in [1.807, 2.05) is 5.32 Å². The molecule has 0 aliphatic carbocycles. The number of benzene rings is 3. The minimum Gasteiger partial charge on any atom is -0.453 e. The van der Waals surface area contributed by atoms with Crippen molar-refractivity contribution in [2.24, 2.45) is 5.73 Å². The zero-order valence-electron chi connectivity index (χ0n) is 17.5. The number of amides is 3. The van der Waals surface area contributed by atoms with E-state index >= 15 is 0 Å². The van der Waals surface area contributed by atoms with Crippen LogP contribution in [0.15, 0.2) is 71.1 Å². The third-order valence-electron chi connectivity index (χ3n) is 4.57. The summed E-state index contributed by atoms with van der Waals surface area (Å²) in [7, 11) is 0. The van der Waals surface area contributed by atoms with Gasteiger partial charge in [0, 0.05) is 17.1 Å². The number of fused-ring (bicyclic) bond motifs is 1. The van der Waals surface area contributed by atoms with Gasteiger partial charge in [0.2, 0.25) is 0 Å². The Labute approximate surface area is 194 Å². The van der Waals surface area contributed by atoms with Gasteiger partial charge < -0.3 is 30.3 Å². The minimum atomic E-state index is -4.69. The molecule has 180 valence electrons. The first kappa shape index (κ1) is 23.4. The van der Waals surface area contributed by atoms with Crippen LogP contribution in [0.1, 0.15) is 5.56 Å². The number of hydrogen-bond acceptors (Lipinski definition) is 5. The number of rotatable bonds is 5. The molecule has 0 unspecified atom stereocenters. The van der Waals surface area contributed by atoms with Gasteiger partial charge in [0.25, 0.3) is 5.95 Å². The van der Waals surface area contributed by atoms with Crippen LogP contribution >= 0.6 is 0 Å². The van der Waals surface area contributed by atoms with E-state index in [0.29, 0.717) is 40.7 Å². The molecule has 35 heavy (non-hydrogen) atoms. The van der Waals surface area contributed by atoms with E-state index in [0.717, 1.165) is 0 Å². The Morgan fingerprint density at radius 3 is 2.37 bits per heavy atom. The second-order valence-corrected chi connectivity index (χ2v) is 7.06. The van der Waals surface area contributed by atoms with Gasteiger partial charge in [-0.2, -0.15) is 13.2 Å². The number of para-hydroxylation sites is 1. The quantitative estimate of drug-likeness (QED) is 0.277. The summed E-state index contributed by atoms with van der Waals surface area (Å²) in [6, 6.07) is 13.1. The molecule has 8 nitrogen and oxygen atoms in total. The predicted molar refractivity (Wildman–Crippen MR) is 117 cm³/mol. The maximum Gasteiger partial charge on any atom is 0.416 e. The molecule has 0 aliphatic rings. The van der Waals surface area contributed by atoms with Crippen LogP contribution in [-0.4, -0.2) is 12.1 Å². The molecule has 3 amide bonds. The number of nitrogens with two attached hydrogens (primary N) is 1. The number of anilines is 2. The highest BCUT2D eigenvalue weighted by molar-refractivity contribution is 5.99. The lowest BCUT2D eigenvalue weighted by atomic mass is 10.2. The maximum atomic E-state index is 13.8. The number of carbonyl (C=O) groups is 2. The number of halogens is 4. The highest BCUT2D eigenvalue weighted by Crippen LogP contribution is 2.35. The van der Waals surface area contributed by atoms with Crippen LogP contribution in [0.3, 0.4) is 0 Å². The van der Waals surface area contributed by atoms with E-state index in [9.17, 15) is 27.2 Å². The molecule has 1 heterocycles. The summed E-state index contributed by atoms with van der Waals surface area (Å²) in [6.45, 7) is 0. The fourth-order valence-electron chi connectivity index (χ4n) is 3.06. The van der Waals surface area contributed by atoms with Crippen molar-refractivity contribution in [3.05, 3.63) is 78.1 Å². The third kappa shape index (κ3) is 5.61. The molecule has 3 aromatic carbocycles. The molecule has 4 aromatic rings. The zero-order chi connectivity index (χ0) is 25.2. The van der Waals surface area contributed by atoms with Crippen molar-refractivity contribution in [1.82, 2.24) is 0 Å². The highest BCUT2D eigenvalue weighted by atomic mass is 19.4. The predicted octanol–water partition coefficient (Wildman–Crippen LogP) is 6.48. The van der Waals surface area contributed by atoms with Crippen LogP contribution in [0.4, 0.5) is 38.5 Å². The fraction of sp³-hybridized carbons (Fsp3) is 0.0435. The van der Waals surface area contributed by atoms with Crippen molar-refractivity contribution < 1.29 is 41.0 Å². The third-order valence-corrected chi connectivity index (χ3v) is 4.57.